The predicted molar refractivity (Wildman–Crippen MR) is 95.1 cm³/mol. The second-order valence-corrected chi connectivity index (χ2v) is 5.54. The molecular weight excluding hydrogens is 340 g/mol. The van der Waals surface area contributed by atoms with Gasteiger partial charge in [-0.2, -0.15) is 0 Å². The molecule has 2 rings (SSSR count). The van der Waals surface area contributed by atoms with Crippen LogP contribution in [0.2, 0.25) is 0 Å². The van der Waals surface area contributed by atoms with Crippen molar-refractivity contribution in [3.63, 3.8) is 0 Å². The number of aromatic nitrogens is 1. The van der Waals surface area contributed by atoms with E-state index in [0.717, 1.165) is 0 Å². The van der Waals surface area contributed by atoms with Crippen LogP contribution in [-0.4, -0.2) is 27.8 Å². The summed E-state index contributed by atoms with van der Waals surface area (Å²) < 4.78 is 5.40. The summed E-state index contributed by atoms with van der Waals surface area (Å²) in [5.74, 6) is -1.20. The number of nitro groups is 1. The van der Waals surface area contributed by atoms with Crippen molar-refractivity contribution in [1.82, 2.24) is 4.98 Å². The summed E-state index contributed by atoms with van der Waals surface area (Å²) in [7, 11) is 0. The van der Waals surface area contributed by atoms with Crippen molar-refractivity contribution in [3.05, 3.63) is 52.2 Å². The average molecular weight is 358 g/mol. The van der Waals surface area contributed by atoms with E-state index >= 15 is 0 Å². The Morgan fingerprint density at radius 1 is 1.12 bits per heavy atom. The Morgan fingerprint density at radius 2 is 1.69 bits per heavy atom. The van der Waals surface area contributed by atoms with Crippen molar-refractivity contribution in [2.75, 3.05) is 10.6 Å². The van der Waals surface area contributed by atoms with Crippen LogP contribution in [0.15, 0.2) is 36.4 Å². The van der Waals surface area contributed by atoms with Gasteiger partial charge in [-0.1, -0.05) is 0 Å². The Morgan fingerprint density at radius 3 is 2.23 bits per heavy atom. The van der Waals surface area contributed by atoms with Gasteiger partial charge in [0, 0.05) is 25.2 Å². The van der Waals surface area contributed by atoms with Crippen molar-refractivity contribution in [2.24, 2.45) is 0 Å². The molecule has 0 unspecified atom stereocenters. The van der Waals surface area contributed by atoms with Crippen LogP contribution < -0.4 is 15.4 Å². The molecule has 0 bridgehead atoms. The third kappa shape index (κ3) is 5.00. The van der Waals surface area contributed by atoms with E-state index in [1.54, 1.807) is 37.3 Å². The Kier molecular flexibility index (Phi) is 5.84. The van der Waals surface area contributed by atoms with E-state index in [1.807, 2.05) is 0 Å². The fourth-order valence-electron chi connectivity index (χ4n) is 2.08. The summed E-state index contributed by atoms with van der Waals surface area (Å²) in [5, 5.41) is 16.3. The molecule has 0 fully saturated rings. The van der Waals surface area contributed by atoms with Crippen LogP contribution in [0.1, 0.15) is 19.5 Å². The van der Waals surface area contributed by atoms with Crippen molar-refractivity contribution in [3.8, 4) is 5.75 Å². The van der Waals surface area contributed by atoms with Gasteiger partial charge in [0.05, 0.1) is 0 Å². The number of rotatable bonds is 6. The molecule has 0 spiro atoms. The van der Waals surface area contributed by atoms with Crippen molar-refractivity contribution >= 4 is 29.0 Å². The van der Waals surface area contributed by atoms with Crippen molar-refractivity contribution in [1.29, 1.82) is 0 Å². The molecule has 9 nitrogen and oxygen atoms in total. The third-order valence-corrected chi connectivity index (χ3v) is 3.30. The molecule has 0 saturated carbocycles. The molecule has 0 saturated heterocycles. The largest absolute Gasteiger partial charge is 0.473 e. The van der Waals surface area contributed by atoms with E-state index in [9.17, 15) is 19.7 Å². The number of hydrogen-bond donors (Lipinski definition) is 2. The Bertz CT molecular complexity index is 836. The zero-order chi connectivity index (χ0) is 19.3. The van der Waals surface area contributed by atoms with Crippen LogP contribution in [0.25, 0.3) is 0 Å². The van der Waals surface area contributed by atoms with Crippen LogP contribution in [0.4, 0.5) is 17.2 Å². The molecular formula is C17H18N4O5. The number of aryl methyl sites for hydroxylation is 1. The lowest BCUT2D eigenvalue weighted by atomic mass is 10.2. The number of hydrogen-bond acceptors (Lipinski definition) is 6. The molecule has 1 aromatic heterocycles. The van der Waals surface area contributed by atoms with Gasteiger partial charge < -0.3 is 25.5 Å². The molecule has 0 aliphatic carbocycles. The van der Waals surface area contributed by atoms with Crippen LogP contribution in [-0.2, 0) is 9.59 Å². The van der Waals surface area contributed by atoms with E-state index in [0.29, 0.717) is 17.1 Å². The maximum absolute atomic E-state index is 12.2. The van der Waals surface area contributed by atoms with Gasteiger partial charge in [-0.25, -0.2) is 0 Å². The summed E-state index contributed by atoms with van der Waals surface area (Å²) in [6.45, 7) is 4.50. The fraction of sp³-hybridized carbons (Fsp3) is 0.235. The number of nitrogens with one attached hydrogen (secondary N) is 2. The number of pyridine rings is 1. The predicted octanol–water partition coefficient (Wildman–Crippen LogP) is 2.66. The number of carbonyl (C=O) groups excluding carboxylic acids is 2. The zero-order valence-electron chi connectivity index (χ0n) is 14.5. The smallest absolute Gasteiger partial charge is 0.406 e. The Balaban J connectivity index is 2.04. The van der Waals surface area contributed by atoms with Crippen LogP contribution in [0, 0.1) is 17.0 Å². The topological polar surface area (TPSA) is 123 Å². The number of benzene rings is 1. The van der Waals surface area contributed by atoms with E-state index in [2.05, 4.69) is 15.6 Å². The lowest BCUT2D eigenvalue weighted by Gasteiger charge is -2.14. The van der Waals surface area contributed by atoms with Crippen molar-refractivity contribution in [2.45, 2.75) is 26.9 Å². The van der Waals surface area contributed by atoms with Crippen LogP contribution >= 0.6 is 0 Å². The number of carbonyl (C=O) groups is 2. The fourth-order valence-corrected chi connectivity index (χ4v) is 2.08. The van der Waals surface area contributed by atoms with Crippen LogP contribution in [0.3, 0.4) is 0 Å². The van der Waals surface area contributed by atoms with Gasteiger partial charge in [0.15, 0.2) is 6.10 Å². The maximum atomic E-state index is 12.2. The first-order chi connectivity index (χ1) is 12.3. The Hall–Kier alpha value is -3.49. The van der Waals surface area contributed by atoms with Gasteiger partial charge in [0.1, 0.15) is 5.69 Å². The average Bonchev–Trinajstić information content (AvgIpc) is 2.57. The summed E-state index contributed by atoms with van der Waals surface area (Å²) in [4.78, 5) is 37.4. The molecule has 2 N–H and O–H groups in total. The van der Waals surface area contributed by atoms with E-state index in [4.69, 9.17) is 4.74 Å². The molecule has 136 valence electrons. The number of amides is 2. The first-order valence-corrected chi connectivity index (χ1v) is 7.73. The third-order valence-electron chi connectivity index (χ3n) is 3.30. The monoisotopic (exact) mass is 358 g/mol. The standard InChI is InChI=1S/C17H18N4O5/c1-10-4-9-15(16(18-10)21(24)25)26-11(2)17(23)20-14-7-5-13(6-8-14)19-12(3)22/h4-9,11H,1-3H3,(H,19,22)(H,20,23)/t11-/m1/s1. The van der Waals surface area contributed by atoms with E-state index in [1.165, 1.54) is 19.9 Å². The molecule has 1 atom stereocenters. The number of ether oxygens (including phenoxy) is 1. The second kappa shape index (κ2) is 8.06. The van der Waals surface area contributed by atoms with Gasteiger partial charge in [0.2, 0.25) is 11.7 Å². The molecule has 2 amide bonds. The Labute approximate surface area is 149 Å². The minimum atomic E-state index is -0.978. The number of nitrogens with zero attached hydrogens (tertiary/aromatic N) is 2. The van der Waals surface area contributed by atoms with Crippen molar-refractivity contribution < 1.29 is 19.2 Å². The summed E-state index contributed by atoms with van der Waals surface area (Å²) in [6, 6.07) is 9.48. The van der Waals surface area contributed by atoms with Crippen LogP contribution in [0.5, 0.6) is 5.75 Å². The number of anilines is 2. The molecule has 0 aliphatic heterocycles. The second-order valence-electron chi connectivity index (χ2n) is 5.54. The SMILES string of the molecule is CC(=O)Nc1ccc(NC(=O)[C@@H](C)Oc2ccc(C)nc2[N+](=O)[O-])cc1. The minimum absolute atomic E-state index is 0.0794. The highest BCUT2D eigenvalue weighted by atomic mass is 16.6. The quantitative estimate of drug-likeness (QED) is 0.604. The lowest BCUT2D eigenvalue weighted by Crippen LogP contribution is -2.30. The van der Waals surface area contributed by atoms with Gasteiger partial charge >= 0.3 is 5.82 Å². The molecule has 1 aromatic carbocycles. The molecule has 26 heavy (non-hydrogen) atoms. The molecule has 2 aromatic rings. The van der Waals surface area contributed by atoms with Gasteiger partial charge in [0.25, 0.3) is 5.91 Å². The summed E-state index contributed by atoms with van der Waals surface area (Å²) in [5.41, 5.74) is 1.57. The van der Waals surface area contributed by atoms with E-state index < -0.39 is 22.8 Å². The summed E-state index contributed by atoms with van der Waals surface area (Å²) in [6.07, 6.45) is -0.978. The van der Waals surface area contributed by atoms with E-state index in [-0.39, 0.29) is 11.7 Å². The molecule has 0 radical (unpaired) electrons. The first-order valence-electron chi connectivity index (χ1n) is 7.73. The van der Waals surface area contributed by atoms with Gasteiger partial charge in [-0.3, -0.25) is 9.59 Å². The highest BCUT2D eigenvalue weighted by molar-refractivity contribution is 5.94. The molecule has 0 aliphatic rings. The zero-order valence-corrected chi connectivity index (χ0v) is 14.5. The first kappa shape index (κ1) is 18.8. The highest BCUT2D eigenvalue weighted by Gasteiger charge is 2.23. The molecule has 1 heterocycles. The van der Waals surface area contributed by atoms with Gasteiger partial charge in [-0.15, -0.1) is 0 Å². The normalized spacial score (nSPS) is 11.3. The maximum Gasteiger partial charge on any atom is 0.406 e. The van der Waals surface area contributed by atoms with Gasteiger partial charge in [-0.05, 0) is 53.2 Å². The minimum Gasteiger partial charge on any atom is -0.473 e. The summed E-state index contributed by atoms with van der Waals surface area (Å²) >= 11 is 0. The lowest BCUT2D eigenvalue weighted by molar-refractivity contribution is -0.390. The highest BCUT2D eigenvalue weighted by Crippen LogP contribution is 2.25. The molecule has 9 heteroatoms.